The van der Waals surface area contributed by atoms with Crippen LogP contribution < -0.4 is 11.1 Å². The Morgan fingerprint density at radius 3 is 2.79 bits per heavy atom. The van der Waals surface area contributed by atoms with E-state index in [9.17, 15) is 0 Å². The fourth-order valence-corrected chi connectivity index (χ4v) is 1.50. The van der Waals surface area contributed by atoms with E-state index in [1.807, 2.05) is 12.1 Å². The molecule has 0 aliphatic carbocycles. The number of hydrogen-bond donors (Lipinski definition) is 3. The molecule has 5 heteroatoms. The van der Waals surface area contributed by atoms with Crippen molar-refractivity contribution < 1.29 is 5.11 Å². The fourth-order valence-electron chi connectivity index (χ4n) is 1.00. The summed E-state index contributed by atoms with van der Waals surface area (Å²) in [6, 6.07) is 5.34. The monoisotopic (exact) mass is 278 g/mol. The molecular formula is C9H12BrClN2O. The van der Waals surface area contributed by atoms with Crippen molar-refractivity contribution in [2.45, 2.75) is 6.04 Å². The molecule has 0 saturated carbocycles. The molecule has 1 aromatic rings. The van der Waals surface area contributed by atoms with Crippen LogP contribution in [0.2, 0.25) is 5.02 Å². The average molecular weight is 280 g/mol. The minimum atomic E-state index is -0.122. The molecule has 1 unspecified atom stereocenters. The molecule has 3 nitrogen and oxygen atoms in total. The van der Waals surface area contributed by atoms with E-state index in [-0.39, 0.29) is 12.6 Å². The van der Waals surface area contributed by atoms with Crippen LogP contribution in [0.4, 0.5) is 5.69 Å². The van der Waals surface area contributed by atoms with Gasteiger partial charge in [0, 0.05) is 16.7 Å². The number of benzene rings is 1. The predicted octanol–water partition coefficient (Wildman–Crippen LogP) is 1.83. The summed E-state index contributed by atoms with van der Waals surface area (Å²) in [5, 5.41) is 12.7. The van der Waals surface area contributed by atoms with E-state index in [1.165, 1.54) is 0 Å². The number of rotatable bonds is 4. The molecule has 4 N–H and O–H groups in total. The van der Waals surface area contributed by atoms with E-state index >= 15 is 0 Å². The van der Waals surface area contributed by atoms with Gasteiger partial charge in [-0.05, 0) is 34.1 Å². The van der Waals surface area contributed by atoms with Crippen LogP contribution in [0.25, 0.3) is 0 Å². The number of anilines is 1. The third kappa shape index (κ3) is 3.13. The van der Waals surface area contributed by atoms with Gasteiger partial charge in [0.05, 0.1) is 17.7 Å². The summed E-state index contributed by atoms with van der Waals surface area (Å²) in [5.74, 6) is 0. The summed E-state index contributed by atoms with van der Waals surface area (Å²) in [6.07, 6.45) is 0. The SMILES string of the molecule is NCC(CO)Nc1ccc(Cl)c(Br)c1. The lowest BCUT2D eigenvalue weighted by Gasteiger charge is -2.15. The van der Waals surface area contributed by atoms with Crippen molar-refractivity contribution in [3.63, 3.8) is 0 Å². The van der Waals surface area contributed by atoms with Crippen LogP contribution in [0.5, 0.6) is 0 Å². The Kier molecular flexibility index (Phi) is 4.68. The number of hydrogen-bond acceptors (Lipinski definition) is 3. The topological polar surface area (TPSA) is 58.3 Å². The van der Waals surface area contributed by atoms with Crippen LogP contribution in [0.15, 0.2) is 22.7 Å². The standard InChI is InChI=1S/C9H12BrClN2O/c10-8-3-6(1-2-9(8)11)13-7(4-12)5-14/h1-3,7,13-14H,4-5,12H2. The van der Waals surface area contributed by atoms with Gasteiger partial charge in [-0.1, -0.05) is 11.6 Å². The average Bonchev–Trinajstić information content (AvgIpc) is 2.19. The Balaban J connectivity index is 2.72. The molecule has 0 radical (unpaired) electrons. The predicted molar refractivity (Wildman–Crippen MR) is 62.7 cm³/mol. The van der Waals surface area contributed by atoms with Gasteiger partial charge in [0.25, 0.3) is 0 Å². The minimum absolute atomic E-state index is 0.0107. The summed E-state index contributed by atoms with van der Waals surface area (Å²) >= 11 is 9.15. The van der Waals surface area contributed by atoms with Gasteiger partial charge in [0.2, 0.25) is 0 Å². The lowest BCUT2D eigenvalue weighted by Crippen LogP contribution is -2.32. The zero-order valence-corrected chi connectivity index (χ0v) is 9.85. The van der Waals surface area contributed by atoms with E-state index in [0.717, 1.165) is 10.2 Å². The maximum absolute atomic E-state index is 8.93. The van der Waals surface area contributed by atoms with Gasteiger partial charge < -0.3 is 16.2 Å². The zero-order chi connectivity index (χ0) is 10.6. The Morgan fingerprint density at radius 2 is 2.29 bits per heavy atom. The number of aliphatic hydroxyl groups excluding tert-OH is 1. The quantitative estimate of drug-likeness (QED) is 0.788. The highest BCUT2D eigenvalue weighted by Crippen LogP contribution is 2.25. The van der Waals surface area contributed by atoms with E-state index < -0.39 is 0 Å². The van der Waals surface area contributed by atoms with Crippen molar-refractivity contribution in [1.82, 2.24) is 0 Å². The Bertz CT molecular complexity index is 305. The third-order valence-electron chi connectivity index (χ3n) is 1.80. The third-order valence-corrected chi connectivity index (χ3v) is 3.01. The molecule has 0 amide bonds. The van der Waals surface area contributed by atoms with E-state index in [2.05, 4.69) is 21.2 Å². The summed E-state index contributed by atoms with van der Waals surface area (Å²) in [5.41, 5.74) is 6.32. The molecule has 0 bridgehead atoms. The first-order valence-corrected chi connectivity index (χ1v) is 5.37. The molecule has 0 saturated heterocycles. The molecule has 1 atom stereocenters. The number of nitrogens with one attached hydrogen (secondary N) is 1. The molecule has 1 aromatic carbocycles. The highest BCUT2D eigenvalue weighted by molar-refractivity contribution is 9.10. The molecule has 0 aromatic heterocycles. The largest absolute Gasteiger partial charge is 0.394 e. The van der Waals surface area contributed by atoms with Crippen LogP contribution in [-0.4, -0.2) is 24.3 Å². The van der Waals surface area contributed by atoms with E-state index in [1.54, 1.807) is 6.07 Å². The second kappa shape index (κ2) is 5.56. The van der Waals surface area contributed by atoms with Crippen molar-refractivity contribution in [3.05, 3.63) is 27.7 Å². The molecular weight excluding hydrogens is 267 g/mol. The Morgan fingerprint density at radius 1 is 1.57 bits per heavy atom. The number of aliphatic hydroxyl groups is 1. The maximum Gasteiger partial charge on any atom is 0.0645 e. The molecule has 0 fully saturated rings. The van der Waals surface area contributed by atoms with Crippen molar-refractivity contribution in [1.29, 1.82) is 0 Å². The van der Waals surface area contributed by atoms with E-state index in [4.69, 9.17) is 22.4 Å². The second-order valence-corrected chi connectivity index (χ2v) is 4.15. The van der Waals surface area contributed by atoms with Crippen LogP contribution >= 0.6 is 27.5 Å². The fraction of sp³-hybridized carbons (Fsp3) is 0.333. The van der Waals surface area contributed by atoms with Gasteiger partial charge in [-0.2, -0.15) is 0 Å². The smallest absolute Gasteiger partial charge is 0.0645 e. The molecule has 1 rings (SSSR count). The van der Waals surface area contributed by atoms with Crippen molar-refractivity contribution in [2.75, 3.05) is 18.5 Å². The van der Waals surface area contributed by atoms with Gasteiger partial charge in [-0.3, -0.25) is 0 Å². The second-order valence-electron chi connectivity index (χ2n) is 2.89. The minimum Gasteiger partial charge on any atom is -0.394 e. The molecule has 0 aliphatic heterocycles. The highest BCUT2D eigenvalue weighted by atomic mass is 79.9. The zero-order valence-electron chi connectivity index (χ0n) is 7.50. The molecule has 78 valence electrons. The summed E-state index contributed by atoms with van der Waals surface area (Å²) < 4.78 is 0.817. The summed E-state index contributed by atoms with van der Waals surface area (Å²) in [4.78, 5) is 0. The number of halogens is 2. The van der Waals surface area contributed by atoms with Gasteiger partial charge >= 0.3 is 0 Å². The first-order valence-electron chi connectivity index (χ1n) is 4.20. The summed E-state index contributed by atoms with van der Waals surface area (Å²) in [7, 11) is 0. The highest BCUT2D eigenvalue weighted by Gasteiger charge is 2.05. The van der Waals surface area contributed by atoms with Gasteiger partial charge in [-0.15, -0.1) is 0 Å². The normalized spacial score (nSPS) is 12.6. The van der Waals surface area contributed by atoms with Crippen LogP contribution in [0.1, 0.15) is 0 Å². The van der Waals surface area contributed by atoms with Gasteiger partial charge in [0.1, 0.15) is 0 Å². The van der Waals surface area contributed by atoms with Crippen molar-refractivity contribution in [3.8, 4) is 0 Å². The van der Waals surface area contributed by atoms with Gasteiger partial charge in [0.15, 0.2) is 0 Å². The van der Waals surface area contributed by atoms with Crippen molar-refractivity contribution >= 4 is 33.2 Å². The first kappa shape index (κ1) is 11.8. The lowest BCUT2D eigenvalue weighted by molar-refractivity contribution is 0.276. The van der Waals surface area contributed by atoms with E-state index in [0.29, 0.717) is 11.6 Å². The molecule has 0 heterocycles. The first-order chi connectivity index (χ1) is 6.67. The summed E-state index contributed by atoms with van der Waals surface area (Å²) in [6.45, 7) is 0.396. The Hall–Kier alpha value is -0.290. The molecule has 0 aliphatic rings. The number of nitrogens with two attached hydrogens (primary N) is 1. The Labute approximate surface area is 96.4 Å². The van der Waals surface area contributed by atoms with Crippen LogP contribution in [0.3, 0.4) is 0 Å². The molecule has 0 spiro atoms. The molecule has 14 heavy (non-hydrogen) atoms. The van der Waals surface area contributed by atoms with Crippen LogP contribution in [0, 0.1) is 0 Å². The maximum atomic E-state index is 8.93. The van der Waals surface area contributed by atoms with Crippen LogP contribution in [-0.2, 0) is 0 Å². The van der Waals surface area contributed by atoms with Gasteiger partial charge in [-0.25, -0.2) is 0 Å². The lowest BCUT2D eigenvalue weighted by atomic mass is 10.2. The van der Waals surface area contributed by atoms with Crippen molar-refractivity contribution in [2.24, 2.45) is 5.73 Å².